The van der Waals surface area contributed by atoms with E-state index in [1.54, 1.807) is 6.08 Å². The summed E-state index contributed by atoms with van der Waals surface area (Å²) in [7, 11) is 2.16. The van der Waals surface area contributed by atoms with Crippen molar-refractivity contribution in [1.29, 1.82) is 0 Å². The van der Waals surface area contributed by atoms with E-state index >= 15 is 0 Å². The van der Waals surface area contributed by atoms with Crippen molar-refractivity contribution in [3.63, 3.8) is 0 Å². The summed E-state index contributed by atoms with van der Waals surface area (Å²) in [6.07, 6.45) is 6.86. The van der Waals surface area contributed by atoms with Gasteiger partial charge in [-0.3, -0.25) is 9.59 Å². The first-order valence-electron chi connectivity index (χ1n) is 14.2. The number of carbonyl (C=O) groups excluding carboxylic acids is 2. The summed E-state index contributed by atoms with van der Waals surface area (Å²) < 4.78 is 6.26. The van der Waals surface area contributed by atoms with E-state index in [-0.39, 0.29) is 24.0 Å². The van der Waals surface area contributed by atoms with Crippen molar-refractivity contribution in [1.82, 2.24) is 20.0 Å². The molecule has 8 heteroatoms. The molecule has 208 valence electrons. The number of carbonyl (C=O) groups is 2. The molecule has 1 saturated carbocycles. The molecule has 0 bridgehead atoms. The molecule has 3 aliphatic rings. The molecule has 2 aromatic carbocycles. The maximum Gasteiger partial charge on any atom is 0.289 e. The molecule has 0 aromatic heterocycles. The second-order valence-electron chi connectivity index (χ2n) is 11.0. The average molecular weight is 551 g/mol. The van der Waals surface area contributed by atoms with Gasteiger partial charge in [0.1, 0.15) is 6.10 Å². The predicted octanol–water partition coefficient (Wildman–Crippen LogP) is 4.42. The smallest absolute Gasteiger partial charge is 0.289 e. The number of fused-ring (bicyclic) bond motifs is 1. The lowest BCUT2D eigenvalue weighted by molar-refractivity contribution is -0.149. The Hall–Kier alpha value is -2.87. The van der Waals surface area contributed by atoms with Crippen molar-refractivity contribution in [2.45, 2.75) is 50.8 Å². The van der Waals surface area contributed by atoms with Gasteiger partial charge in [0, 0.05) is 49.9 Å². The van der Waals surface area contributed by atoms with Crippen molar-refractivity contribution in [3.05, 3.63) is 76.0 Å². The fourth-order valence-electron chi connectivity index (χ4n) is 5.71. The van der Waals surface area contributed by atoms with Gasteiger partial charge in [-0.1, -0.05) is 42.3 Å². The van der Waals surface area contributed by atoms with E-state index in [1.165, 1.54) is 0 Å². The molecule has 2 saturated heterocycles. The average Bonchev–Trinajstić information content (AvgIpc) is 2.95. The Morgan fingerprint density at radius 2 is 1.74 bits per heavy atom. The number of hydrogen-bond acceptors (Lipinski definition) is 5. The number of benzene rings is 2. The third-order valence-corrected chi connectivity index (χ3v) is 8.34. The van der Waals surface area contributed by atoms with Crippen LogP contribution in [-0.4, -0.2) is 85.0 Å². The lowest BCUT2D eigenvalue weighted by atomic mass is 9.89. The summed E-state index contributed by atoms with van der Waals surface area (Å²) in [5, 5.41) is 3.72. The largest absolute Gasteiger partial charge is 0.482 e. The Bertz CT molecular complexity index is 1160. The maximum absolute atomic E-state index is 13.5. The number of likely N-dealkylation sites (N-methyl/N-ethyl adjacent to an activating group) is 1. The van der Waals surface area contributed by atoms with E-state index in [0.29, 0.717) is 29.4 Å². The van der Waals surface area contributed by atoms with Gasteiger partial charge in [-0.2, -0.15) is 0 Å². The minimum Gasteiger partial charge on any atom is -0.482 e. The Morgan fingerprint density at radius 1 is 1.03 bits per heavy atom. The molecule has 2 aromatic rings. The number of hydrogen-bond donors (Lipinski definition) is 1. The Labute approximate surface area is 236 Å². The molecule has 1 aliphatic carbocycles. The molecule has 39 heavy (non-hydrogen) atoms. The number of halogens is 1. The first-order valence-corrected chi connectivity index (χ1v) is 14.6. The molecule has 0 spiro atoms. The van der Waals surface area contributed by atoms with Gasteiger partial charge < -0.3 is 24.8 Å². The molecular weight excluding hydrogens is 512 g/mol. The molecular formula is C31H39ClN4O3. The summed E-state index contributed by atoms with van der Waals surface area (Å²) in [4.78, 5) is 33.0. The standard InChI is InChI=1S/C31H39ClN4O3/c1-34-17-19-35(20-18-34)16-4-15-33-30(37)25-11-7-23(8-12-25)21-29-31(38)36(22-24-9-13-26(32)14-10-24)27-5-2-3-6-28(27)39-29/h7-14,21,27-28H,2-6,15-20,22H2,1H3,(H,33,37)/b29-21-. The van der Waals surface area contributed by atoms with Gasteiger partial charge in [-0.25, -0.2) is 0 Å². The molecule has 2 heterocycles. The molecule has 2 aliphatic heterocycles. The summed E-state index contributed by atoms with van der Waals surface area (Å²) in [6, 6.07) is 15.1. The number of rotatable bonds is 8. The van der Waals surface area contributed by atoms with Crippen molar-refractivity contribution in [3.8, 4) is 0 Å². The zero-order chi connectivity index (χ0) is 27.2. The van der Waals surface area contributed by atoms with Crippen LogP contribution in [0.25, 0.3) is 6.08 Å². The predicted molar refractivity (Wildman–Crippen MR) is 154 cm³/mol. The fourth-order valence-corrected chi connectivity index (χ4v) is 5.83. The van der Waals surface area contributed by atoms with E-state index < -0.39 is 0 Å². The highest BCUT2D eigenvalue weighted by atomic mass is 35.5. The fraction of sp³-hybridized carbons (Fsp3) is 0.484. The van der Waals surface area contributed by atoms with Crippen LogP contribution in [-0.2, 0) is 16.1 Å². The van der Waals surface area contributed by atoms with Crippen LogP contribution < -0.4 is 5.32 Å². The summed E-state index contributed by atoms with van der Waals surface area (Å²) >= 11 is 6.07. The zero-order valence-electron chi connectivity index (χ0n) is 22.8. The van der Waals surface area contributed by atoms with Crippen LogP contribution in [0.15, 0.2) is 54.3 Å². The first kappa shape index (κ1) is 27.7. The number of ether oxygens (including phenoxy) is 1. The SMILES string of the molecule is CN1CCN(CCCNC(=O)c2ccc(/C=C3\OC4CCCCC4N(Cc4ccc(Cl)cc4)C3=O)cc2)CC1. The van der Waals surface area contributed by atoms with Gasteiger partial charge in [0.25, 0.3) is 11.8 Å². The molecule has 2 unspecified atom stereocenters. The van der Waals surface area contributed by atoms with Crippen molar-refractivity contribution in [2.24, 2.45) is 0 Å². The number of amides is 2. The molecule has 3 fully saturated rings. The zero-order valence-corrected chi connectivity index (χ0v) is 23.5. The van der Waals surface area contributed by atoms with Gasteiger partial charge in [-0.05, 0) is 80.7 Å². The highest BCUT2D eigenvalue weighted by Gasteiger charge is 2.41. The van der Waals surface area contributed by atoms with Crippen LogP contribution in [0.1, 0.15) is 53.6 Å². The topological polar surface area (TPSA) is 65.1 Å². The molecule has 2 atom stereocenters. The highest BCUT2D eigenvalue weighted by molar-refractivity contribution is 6.30. The van der Waals surface area contributed by atoms with E-state index in [9.17, 15) is 9.59 Å². The Kier molecular flexibility index (Phi) is 9.22. The maximum atomic E-state index is 13.5. The van der Waals surface area contributed by atoms with E-state index in [0.717, 1.165) is 76.0 Å². The summed E-state index contributed by atoms with van der Waals surface area (Å²) in [6.45, 7) is 6.59. The van der Waals surface area contributed by atoms with E-state index in [2.05, 4.69) is 22.2 Å². The minimum atomic E-state index is -0.0877. The van der Waals surface area contributed by atoms with Gasteiger partial charge in [0.2, 0.25) is 0 Å². The van der Waals surface area contributed by atoms with Crippen LogP contribution in [0, 0.1) is 0 Å². The number of nitrogens with one attached hydrogen (secondary N) is 1. The normalized spacial score (nSPS) is 23.4. The third-order valence-electron chi connectivity index (χ3n) is 8.09. The van der Waals surface area contributed by atoms with Crippen LogP contribution >= 0.6 is 11.6 Å². The van der Waals surface area contributed by atoms with Crippen molar-refractivity contribution < 1.29 is 14.3 Å². The highest BCUT2D eigenvalue weighted by Crippen LogP contribution is 2.34. The first-order chi connectivity index (χ1) is 19.0. The lowest BCUT2D eigenvalue weighted by Gasteiger charge is -2.44. The Balaban J connectivity index is 1.19. The van der Waals surface area contributed by atoms with E-state index in [4.69, 9.17) is 16.3 Å². The Morgan fingerprint density at radius 3 is 2.49 bits per heavy atom. The number of piperazine rings is 1. The van der Waals surface area contributed by atoms with Crippen molar-refractivity contribution in [2.75, 3.05) is 46.3 Å². The molecule has 1 N–H and O–H groups in total. The number of morpholine rings is 1. The molecule has 0 radical (unpaired) electrons. The monoisotopic (exact) mass is 550 g/mol. The van der Waals surface area contributed by atoms with Crippen LogP contribution in [0.3, 0.4) is 0 Å². The second-order valence-corrected chi connectivity index (χ2v) is 11.4. The number of nitrogens with zero attached hydrogens (tertiary/aromatic N) is 3. The summed E-state index contributed by atoms with van der Waals surface area (Å²) in [5.41, 5.74) is 2.51. The van der Waals surface area contributed by atoms with Gasteiger partial charge in [0.05, 0.1) is 6.04 Å². The van der Waals surface area contributed by atoms with Crippen molar-refractivity contribution >= 4 is 29.5 Å². The minimum absolute atomic E-state index is 0.00546. The molecule has 7 nitrogen and oxygen atoms in total. The lowest BCUT2D eigenvalue weighted by Crippen LogP contribution is -2.54. The third kappa shape index (κ3) is 7.21. The second kappa shape index (κ2) is 13.0. The summed E-state index contributed by atoms with van der Waals surface area (Å²) in [5.74, 6) is 0.209. The quantitative estimate of drug-likeness (QED) is 0.389. The van der Waals surface area contributed by atoms with Gasteiger partial charge in [-0.15, -0.1) is 0 Å². The molecule has 5 rings (SSSR count). The van der Waals surface area contributed by atoms with E-state index in [1.807, 2.05) is 53.4 Å². The van der Waals surface area contributed by atoms with Crippen LogP contribution in [0.2, 0.25) is 5.02 Å². The van der Waals surface area contributed by atoms with Crippen LogP contribution in [0.5, 0.6) is 0 Å². The van der Waals surface area contributed by atoms with Gasteiger partial charge >= 0.3 is 0 Å². The van der Waals surface area contributed by atoms with Gasteiger partial charge in [0.15, 0.2) is 5.76 Å². The molecule has 2 amide bonds. The van der Waals surface area contributed by atoms with Crippen LogP contribution in [0.4, 0.5) is 0 Å².